The molecule has 26 heavy (non-hydrogen) atoms. The van der Waals surface area contributed by atoms with Gasteiger partial charge in [-0.1, -0.05) is 35.9 Å². The molecule has 0 aliphatic rings. The van der Waals surface area contributed by atoms with Gasteiger partial charge in [0, 0.05) is 36.3 Å². The summed E-state index contributed by atoms with van der Waals surface area (Å²) in [7, 11) is -1.14. The van der Waals surface area contributed by atoms with Crippen molar-refractivity contribution < 1.29 is 18.0 Å². The van der Waals surface area contributed by atoms with Gasteiger partial charge in [-0.3, -0.25) is 9.59 Å². The van der Waals surface area contributed by atoms with Gasteiger partial charge in [0.25, 0.3) is 0 Å². The van der Waals surface area contributed by atoms with E-state index in [0.717, 1.165) is 0 Å². The fourth-order valence-corrected chi connectivity index (χ4v) is 4.21. The number of halogens is 1. The quantitative estimate of drug-likeness (QED) is 0.657. The molecule has 0 saturated carbocycles. The molecule has 0 fully saturated rings. The number of benzene rings is 2. The van der Waals surface area contributed by atoms with Crippen molar-refractivity contribution in [3.63, 3.8) is 0 Å². The first-order valence-electron chi connectivity index (χ1n) is 7.92. The van der Waals surface area contributed by atoms with Gasteiger partial charge in [0.05, 0.1) is 4.90 Å². The van der Waals surface area contributed by atoms with Gasteiger partial charge in [0.2, 0.25) is 21.8 Å². The molecule has 7 nitrogen and oxygen atoms in total. The van der Waals surface area contributed by atoms with Gasteiger partial charge in [0.15, 0.2) is 0 Å². The molecule has 140 valence electrons. The first-order valence-corrected chi connectivity index (χ1v) is 9.78. The summed E-state index contributed by atoms with van der Waals surface area (Å²) in [6.45, 7) is 0. The molecule has 0 bridgehead atoms. The lowest BCUT2D eigenvalue weighted by Gasteiger charge is -2.18. The first kappa shape index (κ1) is 20.2. The predicted octanol–water partition coefficient (Wildman–Crippen LogP) is 1.41. The van der Waals surface area contributed by atoms with Crippen LogP contribution in [0.5, 0.6) is 0 Å². The summed E-state index contributed by atoms with van der Waals surface area (Å²) >= 11 is 6.13. The van der Waals surface area contributed by atoms with E-state index in [-0.39, 0.29) is 23.6 Å². The van der Waals surface area contributed by atoms with Gasteiger partial charge >= 0.3 is 0 Å². The lowest BCUT2D eigenvalue weighted by molar-refractivity contribution is -0.123. The molecule has 0 spiro atoms. The maximum atomic E-state index is 12.9. The maximum absolute atomic E-state index is 12.9. The Kier molecular flexibility index (Phi) is 6.57. The van der Waals surface area contributed by atoms with Gasteiger partial charge in [-0.2, -0.15) is 4.72 Å². The molecule has 2 amide bonds. The lowest BCUT2D eigenvalue weighted by atomic mass is 10.1. The SMILES string of the molecule is CNC(=O)CCC(NS(=O)(=O)c1ccc(Cl)c2ccccc12)C(=O)NC. The van der Waals surface area contributed by atoms with Crippen molar-refractivity contribution in [1.82, 2.24) is 15.4 Å². The molecule has 2 aromatic rings. The monoisotopic (exact) mass is 397 g/mol. The zero-order valence-electron chi connectivity index (χ0n) is 14.4. The molecule has 0 radical (unpaired) electrons. The summed E-state index contributed by atoms with van der Waals surface area (Å²) in [5, 5.41) is 6.33. The highest BCUT2D eigenvalue weighted by molar-refractivity contribution is 7.89. The van der Waals surface area contributed by atoms with E-state index < -0.39 is 22.0 Å². The number of nitrogens with one attached hydrogen (secondary N) is 3. The van der Waals surface area contributed by atoms with Gasteiger partial charge in [-0.15, -0.1) is 0 Å². The van der Waals surface area contributed by atoms with Crippen LogP contribution in [0.4, 0.5) is 0 Å². The molecule has 1 unspecified atom stereocenters. The molecular formula is C17H20ClN3O4S. The lowest BCUT2D eigenvalue weighted by Crippen LogP contribution is -2.46. The number of carbonyl (C=O) groups excluding carboxylic acids is 2. The van der Waals surface area contributed by atoms with Crippen LogP contribution in [0, 0.1) is 0 Å². The Balaban J connectivity index is 2.38. The van der Waals surface area contributed by atoms with Crippen molar-refractivity contribution in [3.8, 4) is 0 Å². The summed E-state index contributed by atoms with van der Waals surface area (Å²) in [5.41, 5.74) is 0. The second-order valence-corrected chi connectivity index (χ2v) is 7.68. The smallest absolute Gasteiger partial charge is 0.241 e. The Morgan fingerprint density at radius 1 is 1.04 bits per heavy atom. The summed E-state index contributed by atoms with van der Waals surface area (Å²) < 4.78 is 28.1. The summed E-state index contributed by atoms with van der Waals surface area (Å²) in [6, 6.07) is 8.66. The van der Waals surface area contributed by atoms with Crippen LogP contribution in [0.25, 0.3) is 10.8 Å². The third-order valence-corrected chi connectivity index (χ3v) is 5.78. The minimum absolute atomic E-state index is 0.0124. The highest BCUT2D eigenvalue weighted by Gasteiger charge is 2.27. The van der Waals surface area contributed by atoms with E-state index in [0.29, 0.717) is 15.8 Å². The molecule has 3 N–H and O–H groups in total. The molecule has 0 aliphatic heterocycles. The summed E-state index contributed by atoms with van der Waals surface area (Å²) in [5.74, 6) is -0.800. The normalized spacial score (nSPS) is 12.6. The van der Waals surface area contributed by atoms with E-state index in [1.165, 1.54) is 26.2 Å². The maximum Gasteiger partial charge on any atom is 0.241 e. The second-order valence-electron chi connectivity index (χ2n) is 5.59. The number of rotatable bonds is 7. The van der Waals surface area contributed by atoms with Crippen molar-refractivity contribution in [2.75, 3.05) is 14.1 Å². The van der Waals surface area contributed by atoms with E-state index in [4.69, 9.17) is 11.6 Å². The van der Waals surface area contributed by atoms with Crippen LogP contribution in [-0.4, -0.2) is 40.4 Å². The molecule has 2 aromatic carbocycles. The standard InChI is InChI=1S/C17H20ClN3O4S/c1-19-16(22)10-8-14(17(23)20-2)21-26(24,25)15-9-7-13(18)11-5-3-4-6-12(11)15/h3-7,9,14,21H,8,10H2,1-2H3,(H,19,22)(H,20,23). The van der Waals surface area contributed by atoms with Crippen LogP contribution in [0.15, 0.2) is 41.3 Å². The number of hydrogen-bond acceptors (Lipinski definition) is 4. The van der Waals surface area contributed by atoms with E-state index in [9.17, 15) is 18.0 Å². The predicted molar refractivity (Wildman–Crippen MR) is 100 cm³/mol. The van der Waals surface area contributed by atoms with Gasteiger partial charge in [0.1, 0.15) is 6.04 Å². The largest absolute Gasteiger partial charge is 0.359 e. The molecule has 0 aromatic heterocycles. The molecular weight excluding hydrogens is 378 g/mol. The highest BCUT2D eigenvalue weighted by Crippen LogP contribution is 2.29. The second kappa shape index (κ2) is 8.48. The number of fused-ring (bicyclic) bond motifs is 1. The Morgan fingerprint density at radius 2 is 1.69 bits per heavy atom. The Morgan fingerprint density at radius 3 is 2.31 bits per heavy atom. The molecule has 0 aliphatic carbocycles. The van der Waals surface area contributed by atoms with Crippen LogP contribution in [0.2, 0.25) is 5.02 Å². The van der Waals surface area contributed by atoms with Crippen LogP contribution in [0.3, 0.4) is 0 Å². The number of likely N-dealkylation sites (N-methyl/N-ethyl adjacent to an activating group) is 1. The Hall–Kier alpha value is -2.16. The van der Waals surface area contributed by atoms with Crippen molar-refractivity contribution in [2.45, 2.75) is 23.8 Å². The minimum atomic E-state index is -4.01. The van der Waals surface area contributed by atoms with Crippen LogP contribution in [-0.2, 0) is 19.6 Å². The third-order valence-electron chi connectivity index (χ3n) is 3.92. The van der Waals surface area contributed by atoms with Crippen LogP contribution < -0.4 is 15.4 Å². The van der Waals surface area contributed by atoms with Crippen LogP contribution in [0.1, 0.15) is 12.8 Å². The average molecular weight is 398 g/mol. The minimum Gasteiger partial charge on any atom is -0.359 e. The van der Waals surface area contributed by atoms with Gasteiger partial charge in [-0.05, 0) is 18.6 Å². The molecule has 0 saturated heterocycles. The molecule has 0 heterocycles. The Labute approximate surface area is 157 Å². The molecule has 1 atom stereocenters. The van der Waals surface area contributed by atoms with Crippen molar-refractivity contribution in [1.29, 1.82) is 0 Å². The molecule has 9 heteroatoms. The zero-order chi connectivity index (χ0) is 19.3. The Bertz CT molecular complexity index is 931. The highest BCUT2D eigenvalue weighted by atomic mass is 35.5. The van der Waals surface area contributed by atoms with Gasteiger partial charge < -0.3 is 10.6 Å². The van der Waals surface area contributed by atoms with Crippen molar-refractivity contribution in [2.24, 2.45) is 0 Å². The van der Waals surface area contributed by atoms with E-state index >= 15 is 0 Å². The average Bonchev–Trinajstić information content (AvgIpc) is 2.64. The fourth-order valence-electron chi connectivity index (χ4n) is 2.54. The fraction of sp³-hybridized carbons (Fsp3) is 0.294. The third kappa shape index (κ3) is 4.51. The van der Waals surface area contributed by atoms with Crippen LogP contribution >= 0.6 is 11.6 Å². The number of hydrogen-bond donors (Lipinski definition) is 3. The van der Waals surface area contributed by atoms with Crippen molar-refractivity contribution in [3.05, 3.63) is 41.4 Å². The van der Waals surface area contributed by atoms with E-state index in [1.807, 2.05) is 0 Å². The molecule has 2 rings (SSSR count). The summed E-state index contributed by atoms with van der Waals surface area (Å²) in [6.07, 6.45) is 0.0442. The zero-order valence-corrected chi connectivity index (χ0v) is 15.9. The van der Waals surface area contributed by atoms with Crippen molar-refractivity contribution >= 4 is 44.2 Å². The summed E-state index contributed by atoms with van der Waals surface area (Å²) in [4.78, 5) is 23.5. The van der Waals surface area contributed by atoms with E-state index in [1.54, 1.807) is 24.3 Å². The first-order chi connectivity index (χ1) is 12.3. The number of amides is 2. The number of carbonyl (C=O) groups is 2. The topological polar surface area (TPSA) is 104 Å². The number of sulfonamides is 1. The van der Waals surface area contributed by atoms with E-state index in [2.05, 4.69) is 15.4 Å². The van der Waals surface area contributed by atoms with Gasteiger partial charge in [-0.25, -0.2) is 8.42 Å².